The van der Waals surface area contributed by atoms with Crippen molar-refractivity contribution in [3.63, 3.8) is 0 Å². The molecule has 0 heterocycles. The first-order valence-corrected chi connectivity index (χ1v) is 3.96. The van der Waals surface area contributed by atoms with Crippen LogP contribution in [0.1, 0.15) is 6.42 Å². The summed E-state index contributed by atoms with van der Waals surface area (Å²) in [5, 5.41) is 8.96. The third-order valence-corrected chi connectivity index (χ3v) is 1.73. The SMILES string of the molecule is O=C1C[C@@H](O)C=C1CO[SiH3]. The predicted octanol–water partition coefficient (Wildman–Crippen LogP) is -1.46. The molecule has 0 amide bonds. The molecule has 0 aromatic heterocycles. The Labute approximate surface area is 62.2 Å². The van der Waals surface area contributed by atoms with Gasteiger partial charge >= 0.3 is 0 Å². The van der Waals surface area contributed by atoms with Crippen LogP contribution >= 0.6 is 0 Å². The van der Waals surface area contributed by atoms with E-state index in [0.29, 0.717) is 22.7 Å². The molecule has 1 aliphatic carbocycles. The van der Waals surface area contributed by atoms with Crippen LogP contribution < -0.4 is 0 Å². The van der Waals surface area contributed by atoms with Gasteiger partial charge in [0, 0.05) is 12.0 Å². The molecule has 0 aromatic carbocycles. The monoisotopic (exact) mass is 158 g/mol. The van der Waals surface area contributed by atoms with Crippen LogP contribution in [0, 0.1) is 0 Å². The second-order valence-electron chi connectivity index (χ2n) is 2.32. The van der Waals surface area contributed by atoms with Crippen LogP contribution in [0.3, 0.4) is 0 Å². The van der Waals surface area contributed by atoms with E-state index < -0.39 is 6.10 Å². The molecule has 0 saturated carbocycles. The molecule has 0 radical (unpaired) electrons. The molecule has 0 saturated heterocycles. The average molecular weight is 158 g/mol. The van der Waals surface area contributed by atoms with Crippen molar-refractivity contribution in [3.8, 4) is 0 Å². The van der Waals surface area contributed by atoms with Gasteiger partial charge in [-0.15, -0.1) is 0 Å². The van der Waals surface area contributed by atoms with Crippen LogP contribution in [0.4, 0.5) is 0 Å². The van der Waals surface area contributed by atoms with Crippen LogP contribution in [-0.4, -0.2) is 34.1 Å². The highest BCUT2D eigenvalue weighted by atomic mass is 28.2. The minimum atomic E-state index is -0.570. The largest absolute Gasteiger partial charge is 0.424 e. The summed E-state index contributed by atoms with van der Waals surface area (Å²) in [4.78, 5) is 10.9. The van der Waals surface area contributed by atoms with E-state index in [1.54, 1.807) is 6.08 Å². The standard InChI is InChI=1S/C6H10O3Si/c7-5-1-4(3-9-10)6(8)2-5/h1,5,7H,2-3H2,10H3/t5-/m0/s1. The van der Waals surface area contributed by atoms with Gasteiger partial charge in [0.15, 0.2) is 5.78 Å². The molecule has 0 aliphatic heterocycles. The van der Waals surface area contributed by atoms with Crippen LogP contribution in [0.15, 0.2) is 11.6 Å². The van der Waals surface area contributed by atoms with Crippen molar-refractivity contribution in [2.75, 3.05) is 6.61 Å². The third-order valence-electron chi connectivity index (χ3n) is 1.45. The first-order valence-electron chi connectivity index (χ1n) is 3.15. The number of aliphatic hydroxyl groups excluding tert-OH is 1. The Morgan fingerprint density at radius 2 is 2.60 bits per heavy atom. The lowest BCUT2D eigenvalue weighted by molar-refractivity contribution is -0.116. The van der Waals surface area contributed by atoms with E-state index in [1.165, 1.54) is 0 Å². The topological polar surface area (TPSA) is 46.5 Å². The normalized spacial score (nSPS) is 25.5. The van der Waals surface area contributed by atoms with Gasteiger partial charge in [0.25, 0.3) is 0 Å². The van der Waals surface area contributed by atoms with E-state index >= 15 is 0 Å². The lowest BCUT2D eigenvalue weighted by atomic mass is 10.2. The molecule has 0 bridgehead atoms. The summed E-state index contributed by atoms with van der Waals surface area (Å²) in [5.41, 5.74) is 0.627. The summed E-state index contributed by atoms with van der Waals surface area (Å²) in [6.07, 6.45) is 1.24. The molecule has 0 unspecified atom stereocenters. The molecular weight excluding hydrogens is 148 g/mol. The molecule has 0 fully saturated rings. The van der Waals surface area contributed by atoms with Gasteiger partial charge in [0.2, 0.25) is 0 Å². The fourth-order valence-electron chi connectivity index (χ4n) is 0.989. The summed E-state index contributed by atoms with van der Waals surface area (Å²) in [6.45, 7) is 0.377. The van der Waals surface area contributed by atoms with Gasteiger partial charge in [-0.1, -0.05) is 0 Å². The Balaban J connectivity index is 2.57. The van der Waals surface area contributed by atoms with Crippen molar-refractivity contribution in [1.29, 1.82) is 0 Å². The Bertz CT molecular complexity index is 176. The van der Waals surface area contributed by atoms with Crippen LogP contribution in [0.25, 0.3) is 0 Å². The van der Waals surface area contributed by atoms with E-state index in [-0.39, 0.29) is 12.2 Å². The van der Waals surface area contributed by atoms with E-state index in [9.17, 15) is 4.79 Å². The Morgan fingerprint density at radius 1 is 1.90 bits per heavy atom. The zero-order valence-electron chi connectivity index (χ0n) is 5.83. The highest BCUT2D eigenvalue weighted by molar-refractivity contribution is 6.01. The van der Waals surface area contributed by atoms with Gasteiger partial charge in [-0.05, 0) is 6.08 Å². The maximum Gasteiger partial charge on any atom is 0.163 e. The highest BCUT2D eigenvalue weighted by Crippen LogP contribution is 2.13. The number of hydrogen-bond acceptors (Lipinski definition) is 3. The smallest absolute Gasteiger partial charge is 0.163 e. The molecule has 0 spiro atoms. The molecular formula is C6H10O3Si. The molecule has 56 valence electrons. The number of aliphatic hydroxyl groups is 1. The van der Waals surface area contributed by atoms with Crippen LogP contribution in [-0.2, 0) is 9.22 Å². The van der Waals surface area contributed by atoms with E-state index in [1.807, 2.05) is 0 Å². The minimum Gasteiger partial charge on any atom is -0.424 e. The molecule has 1 N–H and O–H groups in total. The maximum atomic E-state index is 10.9. The third kappa shape index (κ3) is 1.53. The van der Waals surface area contributed by atoms with Gasteiger partial charge in [-0.2, -0.15) is 0 Å². The fourth-order valence-corrected chi connectivity index (χ4v) is 1.30. The number of ketones is 1. The van der Waals surface area contributed by atoms with Gasteiger partial charge in [0.1, 0.15) is 10.5 Å². The van der Waals surface area contributed by atoms with Crippen molar-refractivity contribution in [2.45, 2.75) is 12.5 Å². The van der Waals surface area contributed by atoms with Crippen molar-refractivity contribution >= 4 is 16.3 Å². The number of rotatable bonds is 2. The van der Waals surface area contributed by atoms with E-state index in [4.69, 9.17) is 9.53 Å². The zero-order valence-corrected chi connectivity index (χ0v) is 7.83. The lowest BCUT2D eigenvalue weighted by Crippen LogP contribution is -2.04. The van der Waals surface area contributed by atoms with Crippen molar-refractivity contribution < 1.29 is 14.3 Å². The Hall–Kier alpha value is -0.453. The van der Waals surface area contributed by atoms with Crippen molar-refractivity contribution in [1.82, 2.24) is 0 Å². The first-order chi connectivity index (χ1) is 4.74. The molecule has 1 atom stereocenters. The quantitative estimate of drug-likeness (QED) is 0.500. The lowest BCUT2D eigenvalue weighted by Gasteiger charge is -1.95. The number of Topliss-reactive ketones (excluding diaryl/α,β-unsaturated/α-hetero) is 1. The minimum absolute atomic E-state index is 0.0170. The van der Waals surface area contributed by atoms with Crippen LogP contribution in [0.5, 0.6) is 0 Å². The molecule has 4 heteroatoms. The summed E-state index contributed by atoms with van der Waals surface area (Å²) < 4.78 is 4.88. The molecule has 1 rings (SSSR count). The Kier molecular flexibility index (Phi) is 2.37. The van der Waals surface area contributed by atoms with Gasteiger partial charge in [-0.3, -0.25) is 4.79 Å². The molecule has 10 heavy (non-hydrogen) atoms. The van der Waals surface area contributed by atoms with E-state index in [2.05, 4.69) is 0 Å². The number of carbonyl (C=O) groups excluding carboxylic acids is 1. The average Bonchev–Trinajstić information content (AvgIpc) is 2.13. The molecule has 1 aliphatic rings. The highest BCUT2D eigenvalue weighted by Gasteiger charge is 2.21. The van der Waals surface area contributed by atoms with Crippen LogP contribution in [0.2, 0.25) is 0 Å². The summed E-state index contributed by atoms with van der Waals surface area (Å²) in [7, 11) is 0.634. The summed E-state index contributed by atoms with van der Waals surface area (Å²) in [5.74, 6) is 0.0170. The summed E-state index contributed by atoms with van der Waals surface area (Å²) in [6, 6.07) is 0. The summed E-state index contributed by atoms with van der Waals surface area (Å²) >= 11 is 0. The Morgan fingerprint density at radius 3 is 3.00 bits per heavy atom. The van der Waals surface area contributed by atoms with Gasteiger partial charge < -0.3 is 9.53 Å². The van der Waals surface area contributed by atoms with Crippen molar-refractivity contribution in [3.05, 3.63) is 11.6 Å². The van der Waals surface area contributed by atoms with Gasteiger partial charge in [-0.25, -0.2) is 0 Å². The van der Waals surface area contributed by atoms with E-state index in [0.717, 1.165) is 0 Å². The first kappa shape index (κ1) is 7.65. The second kappa shape index (κ2) is 3.09. The molecule has 3 nitrogen and oxygen atoms in total. The molecule has 0 aromatic rings. The van der Waals surface area contributed by atoms with Gasteiger partial charge in [0.05, 0.1) is 12.7 Å². The number of hydrogen-bond donors (Lipinski definition) is 1. The fraction of sp³-hybridized carbons (Fsp3) is 0.500. The van der Waals surface area contributed by atoms with Crippen molar-refractivity contribution in [2.24, 2.45) is 0 Å². The maximum absolute atomic E-state index is 10.9. The predicted molar refractivity (Wildman–Crippen MR) is 39.6 cm³/mol. The zero-order chi connectivity index (χ0) is 7.56. The second-order valence-corrected chi connectivity index (χ2v) is 2.90. The number of carbonyl (C=O) groups is 1.